The lowest BCUT2D eigenvalue weighted by atomic mass is 9.80. The fourth-order valence-electron chi connectivity index (χ4n) is 6.48. The van der Waals surface area contributed by atoms with Crippen molar-refractivity contribution in [3.63, 3.8) is 0 Å². The number of nitrogens with one attached hydrogen (secondary N) is 1. The zero-order chi connectivity index (χ0) is 36.3. The van der Waals surface area contributed by atoms with Crippen LogP contribution in [0.25, 0.3) is 11.2 Å². The quantitative estimate of drug-likeness (QED) is 0.129. The van der Waals surface area contributed by atoms with Gasteiger partial charge in [-0.2, -0.15) is 0 Å². The molecule has 262 valence electrons. The first-order valence-corrected chi connectivity index (χ1v) is 16.3. The summed E-state index contributed by atoms with van der Waals surface area (Å²) < 4.78 is 42.1. The van der Waals surface area contributed by atoms with Gasteiger partial charge in [0.25, 0.3) is 5.91 Å². The van der Waals surface area contributed by atoms with Crippen LogP contribution < -0.4 is 14.8 Å². The number of aliphatic hydroxyl groups excluding tert-OH is 1. The lowest BCUT2D eigenvalue weighted by Gasteiger charge is -2.37. The molecule has 12 heteroatoms. The molecule has 2 aromatic heterocycles. The number of methoxy groups -OCH3 is 2. The second-order valence-corrected chi connectivity index (χ2v) is 12.1. The highest BCUT2D eigenvalue weighted by Crippen LogP contribution is 2.46. The second kappa shape index (κ2) is 14.2. The van der Waals surface area contributed by atoms with E-state index in [-0.39, 0.29) is 23.6 Å². The van der Waals surface area contributed by atoms with Crippen LogP contribution in [0.5, 0.6) is 11.5 Å². The number of aromatic nitrogens is 4. The van der Waals surface area contributed by atoms with Gasteiger partial charge in [-0.15, -0.1) is 6.42 Å². The minimum atomic E-state index is -2.73. The van der Waals surface area contributed by atoms with E-state index < -0.39 is 35.6 Å². The Morgan fingerprint density at radius 3 is 2.06 bits per heavy atom. The number of carbonyl (C=O) groups is 1. The molecule has 0 unspecified atom stereocenters. The number of hydrogen-bond donors (Lipinski definition) is 2. The molecule has 0 aliphatic carbocycles. The summed E-state index contributed by atoms with van der Waals surface area (Å²) in [5.41, 5.74) is -1.05. The van der Waals surface area contributed by atoms with Crippen molar-refractivity contribution in [2.75, 3.05) is 26.1 Å². The molecular formula is C40H34FN5O6. The first kappa shape index (κ1) is 34.3. The number of benzene rings is 4. The SMILES string of the molecule is C#C[C@@]1(F)[C@H](O)[C@@H](COC(c2ccccc2)(c2ccc(OC)cc2)c2ccc(OC)cc2)O[C@H]1n1cnc2c(NC(=O)c3ccccc3)ncnc21. The first-order chi connectivity index (χ1) is 25.3. The molecule has 1 fully saturated rings. The molecule has 1 saturated heterocycles. The van der Waals surface area contributed by atoms with Crippen molar-refractivity contribution >= 4 is 22.9 Å². The van der Waals surface area contributed by atoms with E-state index in [2.05, 4.69) is 26.2 Å². The van der Waals surface area contributed by atoms with Crippen molar-refractivity contribution in [2.45, 2.75) is 29.7 Å². The van der Waals surface area contributed by atoms with Crippen LogP contribution in [0.3, 0.4) is 0 Å². The number of nitrogens with zero attached hydrogens (tertiary/aromatic N) is 4. The molecule has 6 aromatic rings. The van der Waals surface area contributed by atoms with E-state index in [4.69, 9.17) is 25.4 Å². The van der Waals surface area contributed by atoms with Crippen molar-refractivity contribution in [2.24, 2.45) is 0 Å². The number of alkyl halides is 1. The fourth-order valence-corrected chi connectivity index (χ4v) is 6.48. The Labute approximate surface area is 299 Å². The van der Waals surface area contributed by atoms with Crippen LogP contribution in [0, 0.1) is 12.3 Å². The predicted octanol–water partition coefficient (Wildman–Crippen LogP) is 5.70. The van der Waals surface area contributed by atoms with Crippen molar-refractivity contribution < 1.29 is 33.2 Å². The Morgan fingerprint density at radius 1 is 0.904 bits per heavy atom. The van der Waals surface area contributed by atoms with E-state index in [0.717, 1.165) is 16.7 Å². The largest absolute Gasteiger partial charge is 0.497 e. The molecule has 7 rings (SSSR count). The van der Waals surface area contributed by atoms with Crippen LogP contribution in [0.4, 0.5) is 10.2 Å². The molecule has 1 aliphatic heterocycles. The van der Waals surface area contributed by atoms with E-state index in [1.807, 2.05) is 78.9 Å². The molecule has 52 heavy (non-hydrogen) atoms. The van der Waals surface area contributed by atoms with Gasteiger partial charge in [0.15, 0.2) is 23.2 Å². The topological polar surface area (TPSA) is 130 Å². The number of terminal acetylenes is 1. The third-order valence-electron chi connectivity index (χ3n) is 9.18. The van der Waals surface area contributed by atoms with Gasteiger partial charge >= 0.3 is 0 Å². The molecule has 4 atom stereocenters. The number of rotatable bonds is 11. The van der Waals surface area contributed by atoms with Gasteiger partial charge in [-0.1, -0.05) is 78.7 Å². The number of hydrogen-bond acceptors (Lipinski definition) is 9. The zero-order valence-corrected chi connectivity index (χ0v) is 28.2. The summed E-state index contributed by atoms with van der Waals surface area (Å²) in [6.07, 6.45) is 3.64. The highest BCUT2D eigenvalue weighted by molar-refractivity contribution is 6.06. The number of halogens is 1. The van der Waals surface area contributed by atoms with Crippen LogP contribution in [-0.2, 0) is 15.1 Å². The average molecular weight is 700 g/mol. The molecular weight excluding hydrogens is 665 g/mol. The van der Waals surface area contributed by atoms with E-state index >= 15 is 4.39 Å². The molecule has 2 N–H and O–H groups in total. The van der Waals surface area contributed by atoms with Crippen molar-refractivity contribution in [3.8, 4) is 23.8 Å². The van der Waals surface area contributed by atoms with Gasteiger partial charge in [0.2, 0.25) is 5.67 Å². The summed E-state index contributed by atoms with van der Waals surface area (Å²) in [6.45, 7) is -0.294. The standard InChI is InChI=1S/C40H34FN5O6/c1-4-39(41)34(47)32(52-38(39)46-25-44-33-35(42-24-43-36(33)46)45-37(48)26-11-7-5-8-12-26)23-51-40(27-13-9-6-10-14-27,28-15-19-30(49-2)20-16-28)29-17-21-31(50-3)22-18-29/h1,5-22,24-25,32,34,38,47H,23H2,2-3H3,(H,42,43,45,48)/t32-,34-,38-,39-/m1/s1. The van der Waals surface area contributed by atoms with E-state index in [1.165, 1.54) is 17.2 Å². The summed E-state index contributed by atoms with van der Waals surface area (Å²) in [6, 6.07) is 33.0. The van der Waals surface area contributed by atoms with Crippen LogP contribution in [-0.4, -0.2) is 69.2 Å². The first-order valence-electron chi connectivity index (χ1n) is 16.3. The second-order valence-electron chi connectivity index (χ2n) is 12.1. The normalized spacial score (nSPS) is 19.9. The van der Waals surface area contributed by atoms with Crippen LogP contribution in [0.15, 0.2) is 122 Å². The lowest BCUT2D eigenvalue weighted by molar-refractivity contribution is -0.0942. The molecule has 0 saturated carbocycles. The van der Waals surface area contributed by atoms with Gasteiger partial charge < -0.3 is 29.4 Å². The van der Waals surface area contributed by atoms with Crippen LogP contribution in [0.2, 0.25) is 0 Å². The Balaban J connectivity index is 1.24. The summed E-state index contributed by atoms with van der Waals surface area (Å²) in [7, 11) is 3.17. The van der Waals surface area contributed by atoms with Crippen molar-refractivity contribution in [1.29, 1.82) is 0 Å². The van der Waals surface area contributed by atoms with Gasteiger partial charge in [-0.25, -0.2) is 19.3 Å². The summed E-state index contributed by atoms with van der Waals surface area (Å²) >= 11 is 0. The predicted molar refractivity (Wildman–Crippen MR) is 191 cm³/mol. The highest BCUT2D eigenvalue weighted by Gasteiger charge is 2.58. The van der Waals surface area contributed by atoms with Crippen LogP contribution in [0.1, 0.15) is 33.3 Å². The summed E-state index contributed by atoms with van der Waals surface area (Å²) in [4.78, 5) is 25.8. The number of ether oxygens (including phenoxy) is 4. The molecule has 1 amide bonds. The Hall–Kier alpha value is -6.13. The van der Waals surface area contributed by atoms with Gasteiger partial charge in [0.1, 0.15) is 35.6 Å². The third-order valence-corrected chi connectivity index (χ3v) is 9.18. The maximum absolute atomic E-state index is 16.9. The average Bonchev–Trinajstić information content (AvgIpc) is 3.74. The minimum Gasteiger partial charge on any atom is -0.497 e. The molecule has 0 bridgehead atoms. The maximum atomic E-state index is 16.9. The molecule has 11 nitrogen and oxygen atoms in total. The summed E-state index contributed by atoms with van der Waals surface area (Å²) in [5.74, 6) is 3.10. The van der Waals surface area contributed by atoms with Crippen molar-refractivity contribution in [3.05, 3.63) is 144 Å². The molecule has 0 spiro atoms. The van der Waals surface area contributed by atoms with E-state index in [1.54, 1.807) is 44.6 Å². The minimum absolute atomic E-state index is 0.104. The maximum Gasteiger partial charge on any atom is 0.256 e. The highest BCUT2D eigenvalue weighted by atomic mass is 19.1. The number of aliphatic hydroxyl groups is 1. The molecule has 0 radical (unpaired) electrons. The smallest absolute Gasteiger partial charge is 0.256 e. The number of carbonyl (C=O) groups excluding carboxylic acids is 1. The Bertz CT molecular complexity index is 2160. The number of imidazole rings is 1. The van der Waals surface area contributed by atoms with Gasteiger partial charge in [0.05, 0.1) is 27.2 Å². The van der Waals surface area contributed by atoms with Crippen molar-refractivity contribution in [1.82, 2.24) is 19.5 Å². The summed E-state index contributed by atoms with van der Waals surface area (Å²) in [5, 5.41) is 14.2. The lowest BCUT2D eigenvalue weighted by Crippen LogP contribution is -2.43. The fraction of sp³-hybridized carbons (Fsp3) is 0.200. The zero-order valence-electron chi connectivity index (χ0n) is 28.2. The van der Waals surface area contributed by atoms with E-state index in [0.29, 0.717) is 17.1 Å². The monoisotopic (exact) mass is 699 g/mol. The molecule has 1 aliphatic rings. The van der Waals surface area contributed by atoms with Gasteiger partial charge in [-0.3, -0.25) is 9.36 Å². The number of amides is 1. The third kappa shape index (κ3) is 6.01. The van der Waals surface area contributed by atoms with Crippen LogP contribution >= 0.6 is 0 Å². The number of anilines is 1. The molecule has 3 heterocycles. The molecule has 4 aromatic carbocycles. The van der Waals surface area contributed by atoms with Gasteiger partial charge in [-0.05, 0) is 53.1 Å². The number of fused-ring (bicyclic) bond motifs is 1. The van der Waals surface area contributed by atoms with Gasteiger partial charge in [0, 0.05) is 5.56 Å². The van der Waals surface area contributed by atoms with E-state index in [9.17, 15) is 9.90 Å². The Kier molecular flexibility index (Phi) is 9.40. The Morgan fingerprint density at radius 2 is 1.48 bits per heavy atom.